The second-order valence-corrected chi connectivity index (χ2v) is 17.6. The van der Waals surface area contributed by atoms with E-state index in [1.807, 2.05) is 25.3 Å². The largest absolute Gasteiger partial charge is 0.464 e. The summed E-state index contributed by atoms with van der Waals surface area (Å²) in [5.74, 6) is -2.30. The number of fused-ring (bicyclic) bond motifs is 7. The molecule has 308 valence electrons. The Balaban J connectivity index is 1.26. The first-order valence-electron chi connectivity index (χ1n) is 20.4. The number of esters is 1. The Morgan fingerprint density at radius 1 is 1.17 bits per heavy atom. The molecule has 1 aliphatic carbocycles. The summed E-state index contributed by atoms with van der Waals surface area (Å²) in [5, 5.41) is 7.95. The number of nitrogens with zero attached hydrogens (tertiary/aromatic N) is 5. The highest BCUT2D eigenvalue weighted by Gasteiger charge is 2.64. The highest BCUT2D eigenvalue weighted by Crippen LogP contribution is 2.52. The summed E-state index contributed by atoms with van der Waals surface area (Å²) < 4.78 is 20.5. The lowest BCUT2D eigenvalue weighted by Gasteiger charge is -2.37. The van der Waals surface area contributed by atoms with Gasteiger partial charge < -0.3 is 29.0 Å². The van der Waals surface area contributed by atoms with Crippen molar-refractivity contribution < 1.29 is 33.4 Å². The molecule has 1 aromatic carbocycles. The Kier molecular flexibility index (Phi) is 10.9. The number of hydrogen-bond donors (Lipinski definition) is 2. The van der Waals surface area contributed by atoms with Gasteiger partial charge in [-0.3, -0.25) is 29.2 Å². The lowest BCUT2D eigenvalue weighted by atomic mass is 9.84. The van der Waals surface area contributed by atoms with Gasteiger partial charge in [0.1, 0.15) is 23.2 Å². The summed E-state index contributed by atoms with van der Waals surface area (Å²) in [7, 11) is 3.43. The number of likely N-dealkylation sites (tertiary alicyclic amines) is 1. The maximum absolute atomic E-state index is 14.6. The summed E-state index contributed by atoms with van der Waals surface area (Å²) in [6, 6.07) is 8.44. The van der Waals surface area contributed by atoms with Crippen molar-refractivity contribution in [3.05, 3.63) is 58.2 Å². The number of hydrazine groups is 1. The first kappa shape index (κ1) is 40.1. The van der Waals surface area contributed by atoms with Crippen molar-refractivity contribution in [2.75, 3.05) is 40.5 Å². The SMILES string of the molecule is CCO[C@@H]1c2nc(cs2)-c2ccc3c(c2)c(c(-c2cccnc2[C@H](C)OC)n3CC)CC(C)(C)COC(=O)[C@@H]2CCCN(N2)C(=O)[C@H]1NC(=O)[C@H]1C2C(=O)N(C)C[C@@H]21. The predicted octanol–water partition coefficient (Wildman–Crippen LogP) is 5.07. The number of ether oxygens (including phenoxy) is 3. The predicted molar refractivity (Wildman–Crippen MR) is 218 cm³/mol. The summed E-state index contributed by atoms with van der Waals surface area (Å²) in [6.45, 7) is 12.1. The van der Waals surface area contributed by atoms with Crippen LogP contribution in [0.3, 0.4) is 0 Å². The Labute approximate surface area is 342 Å². The third-order valence-corrected chi connectivity index (χ3v) is 13.1. The molecule has 0 radical (unpaired) electrons. The standard InChI is InChI=1S/C43H53N7O7S/c1-8-49-31-15-14-24-18-26(31)27(36(49)25-12-10-16-44-34(25)23(3)55-7)19-43(4,5)22-57-42(54)29-13-11-17-50(47-29)41(53)35(37(56-9-2)39-45-30(24)21-58-39)46-38(51)32-28-20-48(6)40(52)33(28)32/h10,12,14-16,18,21,23,28-29,32-33,35,37,47H,8-9,11,13,17,19-20,22H2,1-7H3,(H,46,51)/t23-,28+,29-,32+,33?,35-,37-/m0/s1. The number of methoxy groups -OCH3 is 1. The smallest absolute Gasteiger partial charge is 0.324 e. The quantitative estimate of drug-likeness (QED) is 0.231. The third kappa shape index (κ3) is 7.20. The Morgan fingerprint density at radius 3 is 2.71 bits per heavy atom. The topological polar surface area (TPSA) is 157 Å². The zero-order valence-electron chi connectivity index (χ0n) is 34.2. The molecule has 1 unspecified atom stereocenters. The van der Waals surface area contributed by atoms with E-state index in [0.717, 1.165) is 39.0 Å². The average Bonchev–Trinajstić information content (AvgIpc) is 3.44. The number of hydrogen-bond acceptors (Lipinski definition) is 11. The van der Waals surface area contributed by atoms with Crippen LogP contribution in [0.1, 0.15) is 75.9 Å². The van der Waals surface area contributed by atoms with Crippen LogP contribution in [-0.2, 0) is 46.4 Å². The molecule has 15 heteroatoms. The summed E-state index contributed by atoms with van der Waals surface area (Å²) in [5.41, 5.74) is 9.25. The molecule has 58 heavy (non-hydrogen) atoms. The van der Waals surface area contributed by atoms with Crippen LogP contribution in [0.5, 0.6) is 0 Å². The Bertz CT molecular complexity index is 2250. The monoisotopic (exact) mass is 811 g/mol. The number of amides is 3. The molecule has 7 atom stereocenters. The highest BCUT2D eigenvalue weighted by atomic mass is 32.1. The summed E-state index contributed by atoms with van der Waals surface area (Å²) >= 11 is 1.36. The van der Waals surface area contributed by atoms with E-state index in [-0.39, 0.29) is 43.0 Å². The van der Waals surface area contributed by atoms with Crippen molar-refractivity contribution in [3.8, 4) is 22.5 Å². The van der Waals surface area contributed by atoms with Crippen molar-refractivity contribution in [1.82, 2.24) is 35.2 Å². The van der Waals surface area contributed by atoms with E-state index in [4.69, 9.17) is 24.2 Å². The second-order valence-electron chi connectivity index (χ2n) is 16.7. The number of thiazole rings is 1. The number of aryl methyl sites for hydroxylation is 1. The number of cyclic esters (lactones) is 1. The molecule has 2 saturated heterocycles. The van der Waals surface area contributed by atoms with E-state index >= 15 is 0 Å². The van der Waals surface area contributed by atoms with Gasteiger partial charge in [-0.2, -0.15) is 0 Å². The van der Waals surface area contributed by atoms with Crippen molar-refractivity contribution in [1.29, 1.82) is 0 Å². The van der Waals surface area contributed by atoms with Gasteiger partial charge in [-0.05, 0) is 69.9 Å². The molecule has 3 amide bonds. The molecule has 14 nitrogen and oxygen atoms in total. The molecule has 6 bridgehead atoms. The van der Waals surface area contributed by atoms with Crippen LogP contribution in [0.2, 0.25) is 0 Å². The van der Waals surface area contributed by atoms with E-state index in [0.29, 0.717) is 49.6 Å². The Morgan fingerprint density at radius 2 is 1.98 bits per heavy atom. The molecule has 4 aromatic rings. The third-order valence-electron chi connectivity index (χ3n) is 12.2. The van der Waals surface area contributed by atoms with Gasteiger partial charge in [0.2, 0.25) is 11.8 Å². The molecule has 2 N–H and O–H groups in total. The van der Waals surface area contributed by atoms with Crippen molar-refractivity contribution in [2.45, 2.75) is 84.7 Å². The number of nitrogens with one attached hydrogen (secondary N) is 2. The van der Waals surface area contributed by atoms with Crippen molar-refractivity contribution >= 4 is 45.9 Å². The molecular weight excluding hydrogens is 759 g/mol. The number of carbonyl (C=O) groups is 4. The highest BCUT2D eigenvalue weighted by molar-refractivity contribution is 7.10. The van der Waals surface area contributed by atoms with Crippen LogP contribution in [-0.4, -0.2) is 101 Å². The molecule has 6 heterocycles. The normalized spacial score (nSPS) is 26.3. The van der Waals surface area contributed by atoms with Crippen LogP contribution in [0, 0.1) is 23.2 Å². The lowest BCUT2D eigenvalue weighted by Crippen LogP contribution is -2.61. The average molecular weight is 812 g/mol. The van der Waals surface area contributed by atoms with Gasteiger partial charge in [0.25, 0.3) is 5.91 Å². The van der Waals surface area contributed by atoms with Gasteiger partial charge in [-0.15, -0.1) is 11.3 Å². The van der Waals surface area contributed by atoms with E-state index in [2.05, 4.69) is 60.3 Å². The number of piperidine rings is 1. The van der Waals surface area contributed by atoms with Crippen LogP contribution < -0.4 is 10.7 Å². The first-order valence-corrected chi connectivity index (χ1v) is 21.2. The molecule has 3 fully saturated rings. The fraction of sp³-hybridized carbons (Fsp3) is 0.535. The molecular formula is C43H53N7O7S. The number of pyridine rings is 1. The second kappa shape index (κ2) is 15.8. The van der Waals surface area contributed by atoms with Crippen LogP contribution in [0.25, 0.3) is 33.4 Å². The number of benzene rings is 1. The minimum Gasteiger partial charge on any atom is -0.464 e. The summed E-state index contributed by atoms with van der Waals surface area (Å²) in [4.78, 5) is 66.7. The molecule has 1 saturated carbocycles. The van der Waals surface area contributed by atoms with E-state index in [9.17, 15) is 19.2 Å². The van der Waals surface area contributed by atoms with E-state index in [1.54, 1.807) is 25.3 Å². The van der Waals surface area contributed by atoms with Crippen molar-refractivity contribution in [2.24, 2.45) is 23.2 Å². The Hall–Kier alpha value is -4.70. The maximum atomic E-state index is 14.6. The van der Waals surface area contributed by atoms with Gasteiger partial charge >= 0.3 is 5.97 Å². The van der Waals surface area contributed by atoms with Gasteiger partial charge in [-0.1, -0.05) is 19.9 Å². The summed E-state index contributed by atoms with van der Waals surface area (Å²) in [6.07, 6.45) is 2.21. The fourth-order valence-corrected chi connectivity index (χ4v) is 10.1. The molecule has 4 aliphatic rings. The van der Waals surface area contributed by atoms with Gasteiger partial charge in [0.15, 0.2) is 0 Å². The van der Waals surface area contributed by atoms with Crippen LogP contribution in [0.4, 0.5) is 0 Å². The van der Waals surface area contributed by atoms with Gasteiger partial charge in [-0.25, -0.2) is 10.4 Å². The number of aromatic nitrogens is 3. The minimum atomic E-state index is -1.18. The van der Waals surface area contributed by atoms with Crippen molar-refractivity contribution in [3.63, 3.8) is 0 Å². The molecule has 3 aromatic heterocycles. The van der Waals surface area contributed by atoms with Crippen LogP contribution in [0.15, 0.2) is 41.9 Å². The maximum Gasteiger partial charge on any atom is 0.324 e. The number of rotatable bonds is 8. The molecule has 3 aliphatic heterocycles. The zero-order chi connectivity index (χ0) is 41.0. The van der Waals surface area contributed by atoms with Gasteiger partial charge in [0, 0.05) is 85.3 Å². The van der Waals surface area contributed by atoms with E-state index < -0.39 is 41.4 Å². The van der Waals surface area contributed by atoms with Gasteiger partial charge in [0.05, 0.1) is 41.6 Å². The number of carbonyl (C=O) groups excluding carboxylic acids is 4. The minimum absolute atomic E-state index is 0.0544. The van der Waals surface area contributed by atoms with E-state index in [1.165, 1.54) is 16.3 Å². The molecule has 0 spiro atoms. The fourth-order valence-electron chi connectivity index (χ4n) is 9.14. The zero-order valence-corrected chi connectivity index (χ0v) is 35.1. The first-order chi connectivity index (χ1) is 27.8. The van der Waals surface area contributed by atoms with Crippen LogP contribution >= 0.6 is 11.3 Å². The molecule has 8 rings (SSSR count). The lowest BCUT2D eigenvalue weighted by molar-refractivity contribution is -0.156.